The van der Waals surface area contributed by atoms with Crippen molar-refractivity contribution < 1.29 is 19.1 Å². The molecule has 0 fully saturated rings. The van der Waals surface area contributed by atoms with Crippen molar-refractivity contribution in [3.63, 3.8) is 0 Å². The molecular formula is C9H7BrFNO3. The number of Topliss-reactive ketones (excluding diaryl/α,β-unsaturated/α-hetero) is 1. The third-order valence-corrected chi connectivity index (χ3v) is 2.15. The smallest absolute Gasteiger partial charge is 0.409 e. The summed E-state index contributed by atoms with van der Waals surface area (Å²) in [7, 11) is 0. The highest BCUT2D eigenvalue weighted by Gasteiger charge is 2.11. The van der Waals surface area contributed by atoms with E-state index in [9.17, 15) is 14.0 Å². The Labute approximate surface area is 93.2 Å². The van der Waals surface area contributed by atoms with Crippen molar-refractivity contribution in [2.45, 2.75) is 0 Å². The summed E-state index contributed by atoms with van der Waals surface area (Å²) in [4.78, 5) is 21.4. The van der Waals surface area contributed by atoms with Crippen LogP contribution in [0.3, 0.4) is 0 Å². The fraction of sp³-hybridized carbons (Fsp3) is 0.111. The number of hydrogen-bond acceptors (Lipinski definition) is 2. The van der Waals surface area contributed by atoms with Gasteiger partial charge in [0, 0.05) is 5.69 Å². The van der Waals surface area contributed by atoms with Gasteiger partial charge in [-0.2, -0.15) is 0 Å². The molecule has 4 nitrogen and oxygen atoms in total. The second kappa shape index (κ2) is 4.88. The molecule has 0 aromatic heterocycles. The van der Waals surface area contributed by atoms with Gasteiger partial charge >= 0.3 is 6.09 Å². The summed E-state index contributed by atoms with van der Waals surface area (Å²) in [6, 6.07) is 3.53. The second-order valence-corrected chi connectivity index (χ2v) is 3.24. The predicted octanol–water partition coefficient (Wildman–Crippen LogP) is 2.49. The van der Waals surface area contributed by atoms with Crippen LogP contribution in [0.2, 0.25) is 0 Å². The zero-order chi connectivity index (χ0) is 11.4. The van der Waals surface area contributed by atoms with E-state index in [0.717, 1.165) is 6.07 Å². The number of carbonyl (C=O) groups excluding carboxylic acids is 1. The lowest BCUT2D eigenvalue weighted by molar-refractivity contribution is 0.102. The average molecular weight is 276 g/mol. The number of carboxylic acid groups (broad SMARTS) is 1. The Morgan fingerprint density at radius 3 is 2.60 bits per heavy atom. The topological polar surface area (TPSA) is 66.4 Å². The molecule has 6 heteroatoms. The molecule has 1 amide bonds. The van der Waals surface area contributed by atoms with E-state index in [1.807, 2.05) is 5.32 Å². The van der Waals surface area contributed by atoms with Gasteiger partial charge in [0.15, 0.2) is 5.78 Å². The Bertz CT molecular complexity index is 408. The monoisotopic (exact) mass is 275 g/mol. The summed E-state index contributed by atoms with van der Waals surface area (Å²) in [5.74, 6) is -1.14. The molecule has 15 heavy (non-hydrogen) atoms. The first-order chi connectivity index (χ1) is 7.04. The number of amides is 1. The lowest BCUT2D eigenvalue weighted by Crippen LogP contribution is -2.09. The van der Waals surface area contributed by atoms with Crippen molar-refractivity contribution in [1.29, 1.82) is 0 Å². The maximum absolute atomic E-state index is 13.3. The summed E-state index contributed by atoms with van der Waals surface area (Å²) in [6.07, 6.45) is -1.28. The zero-order valence-corrected chi connectivity index (χ0v) is 9.04. The summed E-state index contributed by atoms with van der Waals surface area (Å²) >= 11 is 2.92. The van der Waals surface area contributed by atoms with Gasteiger partial charge in [-0.15, -0.1) is 0 Å². The van der Waals surface area contributed by atoms with Crippen LogP contribution in [0, 0.1) is 5.82 Å². The summed E-state index contributed by atoms with van der Waals surface area (Å²) in [5, 5.41) is 10.4. The van der Waals surface area contributed by atoms with E-state index in [1.165, 1.54) is 12.1 Å². The van der Waals surface area contributed by atoms with Crippen molar-refractivity contribution in [2.24, 2.45) is 0 Å². The van der Waals surface area contributed by atoms with Gasteiger partial charge in [-0.25, -0.2) is 9.18 Å². The second-order valence-electron chi connectivity index (χ2n) is 2.68. The molecule has 0 radical (unpaired) electrons. The van der Waals surface area contributed by atoms with Gasteiger partial charge in [0.2, 0.25) is 0 Å². The maximum Gasteiger partial charge on any atom is 0.409 e. The summed E-state index contributed by atoms with van der Waals surface area (Å²) in [6.45, 7) is 0. The normalized spacial score (nSPS) is 9.73. The molecule has 1 aromatic carbocycles. The number of alkyl halides is 1. The molecule has 1 aromatic rings. The van der Waals surface area contributed by atoms with Gasteiger partial charge in [0.25, 0.3) is 0 Å². The van der Waals surface area contributed by atoms with Gasteiger partial charge in [-0.3, -0.25) is 10.1 Å². The minimum absolute atomic E-state index is 0.0234. The molecule has 0 atom stereocenters. The Hall–Kier alpha value is -1.43. The number of benzene rings is 1. The molecule has 0 aliphatic heterocycles. The molecule has 0 saturated carbocycles. The van der Waals surface area contributed by atoms with Gasteiger partial charge in [-0.05, 0) is 18.2 Å². The van der Waals surface area contributed by atoms with Crippen molar-refractivity contribution in [1.82, 2.24) is 0 Å². The lowest BCUT2D eigenvalue weighted by atomic mass is 10.1. The molecule has 0 aliphatic rings. The van der Waals surface area contributed by atoms with Gasteiger partial charge in [-0.1, -0.05) is 15.9 Å². The fourth-order valence-electron chi connectivity index (χ4n) is 1.01. The van der Waals surface area contributed by atoms with Gasteiger partial charge in [0.05, 0.1) is 10.9 Å². The Morgan fingerprint density at radius 1 is 1.47 bits per heavy atom. The first-order valence-corrected chi connectivity index (χ1v) is 5.05. The molecule has 0 heterocycles. The van der Waals surface area contributed by atoms with E-state index < -0.39 is 17.7 Å². The third-order valence-electron chi connectivity index (χ3n) is 1.64. The summed E-state index contributed by atoms with van der Waals surface area (Å²) in [5.41, 5.74) is 0.0222. The van der Waals surface area contributed by atoms with Gasteiger partial charge in [0.1, 0.15) is 5.82 Å². The first-order valence-electron chi connectivity index (χ1n) is 3.93. The number of rotatable bonds is 3. The van der Waals surface area contributed by atoms with E-state index in [-0.39, 0.29) is 16.6 Å². The fourth-order valence-corrected chi connectivity index (χ4v) is 1.32. The minimum atomic E-state index is -1.28. The number of nitrogens with one attached hydrogen (secondary N) is 1. The van der Waals surface area contributed by atoms with Crippen LogP contribution in [0.5, 0.6) is 0 Å². The van der Waals surface area contributed by atoms with Crippen LogP contribution in [-0.4, -0.2) is 22.3 Å². The number of hydrogen-bond donors (Lipinski definition) is 2. The molecule has 0 unspecified atom stereocenters. The first kappa shape index (κ1) is 11.6. The highest BCUT2D eigenvalue weighted by molar-refractivity contribution is 9.09. The molecular weight excluding hydrogens is 269 g/mol. The number of anilines is 1. The molecule has 1 rings (SSSR count). The summed E-state index contributed by atoms with van der Waals surface area (Å²) < 4.78 is 13.3. The van der Waals surface area contributed by atoms with E-state index in [2.05, 4.69) is 15.9 Å². The molecule has 2 N–H and O–H groups in total. The van der Waals surface area contributed by atoms with Crippen LogP contribution < -0.4 is 5.32 Å². The molecule has 0 saturated heterocycles. The standard InChI is InChI=1S/C9H7BrFNO3/c10-4-8(13)6-2-1-5(3-7(6)11)12-9(14)15/h1-3,12H,4H2,(H,14,15). The maximum atomic E-state index is 13.3. The van der Waals surface area contributed by atoms with Crippen LogP contribution in [0.25, 0.3) is 0 Å². The minimum Gasteiger partial charge on any atom is -0.465 e. The van der Waals surface area contributed by atoms with Crippen molar-refractivity contribution in [2.75, 3.05) is 10.6 Å². The van der Waals surface area contributed by atoms with Crippen molar-refractivity contribution in [3.8, 4) is 0 Å². The van der Waals surface area contributed by atoms with E-state index in [0.29, 0.717) is 0 Å². The number of ketones is 1. The predicted molar refractivity (Wildman–Crippen MR) is 56.2 cm³/mol. The van der Waals surface area contributed by atoms with Crippen LogP contribution in [-0.2, 0) is 0 Å². The average Bonchev–Trinajstić information content (AvgIpc) is 2.16. The van der Waals surface area contributed by atoms with Crippen LogP contribution in [0.1, 0.15) is 10.4 Å². The largest absolute Gasteiger partial charge is 0.465 e. The Morgan fingerprint density at radius 2 is 2.13 bits per heavy atom. The van der Waals surface area contributed by atoms with Crippen LogP contribution in [0.4, 0.5) is 14.9 Å². The van der Waals surface area contributed by atoms with Crippen LogP contribution >= 0.6 is 15.9 Å². The number of halogens is 2. The third kappa shape index (κ3) is 3.02. The highest BCUT2D eigenvalue weighted by Crippen LogP contribution is 2.15. The van der Waals surface area contributed by atoms with E-state index in [4.69, 9.17) is 5.11 Å². The number of carbonyl (C=O) groups is 2. The lowest BCUT2D eigenvalue weighted by Gasteiger charge is -2.03. The quantitative estimate of drug-likeness (QED) is 0.658. The highest BCUT2D eigenvalue weighted by atomic mass is 79.9. The van der Waals surface area contributed by atoms with E-state index >= 15 is 0 Å². The van der Waals surface area contributed by atoms with Gasteiger partial charge < -0.3 is 5.11 Å². The van der Waals surface area contributed by atoms with E-state index in [1.54, 1.807) is 0 Å². The molecule has 0 bridgehead atoms. The molecule has 80 valence electrons. The van der Waals surface area contributed by atoms with Crippen LogP contribution in [0.15, 0.2) is 18.2 Å². The SMILES string of the molecule is O=C(O)Nc1ccc(C(=O)CBr)c(F)c1. The molecule has 0 aliphatic carbocycles. The zero-order valence-electron chi connectivity index (χ0n) is 7.46. The van der Waals surface area contributed by atoms with Crippen molar-refractivity contribution >= 4 is 33.5 Å². The Kier molecular flexibility index (Phi) is 3.79. The van der Waals surface area contributed by atoms with Crippen molar-refractivity contribution in [3.05, 3.63) is 29.6 Å². The Balaban J connectivity index is 2.97. The molecule has 0 spiro atoms.